The first-order chi connectivity index (χ1) is 16.6. The molecule has 8 heteroatoms. The number of fused-ring (bicyclic) bond motifs is 1. The van der Waals surface area contributed by atoms with Crippen molar-refractivity contribution in [2.45, 2.75) is 57.8 Å². The second-order valence-corrected chi connectivity index (χ2v) is 9.65. The summed E-state index contributed by atoms with van der Waals surface area (Å²) in [5, 5.41) is 0.818. The van der Waals surface area contributed by atoms with Gasteiger partial charge >= 0.3 is 12.1 Å². The lowest BCUT2D eigenvalue weighted by molar-refractivity contribution is -0.123. The van der Waals surface area contributed by atoms with E-state index in [1.165, 1.54) is 4.90 Å². The van der Waals surface area contributed by atoms with Crippen molar-refractivity contribution in [3.05, 3.63) is 71.9 Å². The number of nitrogens with two attached hydrogens (primary N) is 1. The van der Waals surface area contributed by atoms with Gasteiger partial charge in [-0.3, -0.25) is 9.69 Å². The summed E-state index contributed by atoms with van der Waals surface area (Å²) in [5.74, 6) is -1.53. The number of esters is 1. The van der Waals surface area contributed by atoms with E-state index in [0.717, 1.165) is 16.5 Å². The molecule has 0 saturated carbocycles. The van der Waals surface area contributed by atoms with E-state index in [1.807, 2.05) is 54.6 Å². The van der Waals surface area contributed by atoms with Gasteiger partial charge in [-0.15, -0.1) is 0 Å². The van der Waals surface area contributed by atoms with E-state index in [4.69, 9.17) is 15.2 Å². The van der Waals surface area contributed by atoms with Gasteiger partial charge in [0, 0.05) is 11.3 Å². The summed E-state index contributed by atoms with van der Waals surface area (Å²) in [7, 11) is 0. The minimum absolute atomic E-state index is 0.206. The molecule has 2 heterocycles. The number of benzene rings is 2. The van der Waals surface area contributed by atoms with Crippen LogP contribution < -0.4 is 5.73 Å². The van der Waals surface area contributed by atoms with Crippen molar-refractivity contribution in [1.29, 1.82) is 0 Å². The number of amides is 2. The first-order valence-corrected chi connectivity index (χ1v) is 11.7. The molecular formula is C27H31N3O5. The molecule has 1 aliphatic rings. The number of primary amides is 1. The maximum Gasteiger partial charge on any atom is 0.412 e. The molecule has 3 atom stereocenters. The average molecular weight is 478 g/mol. The minimum Gasteiger partial charge on any atom is -0.461 e. The molecule has 1 unspecified atom stereocenters. The van der Waals surface area contributed by atoms with Crippen LogP contribution in [0.25, 0.3) is 10.9 Å². The molecule has 0 spiro atoms. The van der Waals surface area contributed by atoms with E-state index in [9.17, 15) is 14.4 Å². The van der Waals surface area contributed by atoms with Gasteiger partial charge in [0.25, 0.3) is 0 Å². The molecule has 1 saturated heterocycles. The van der Waals surface area contributed by atoms with Gasteiger partial charge in [-0.25, -0.2) is 9.59 Å². The van der Waals surface area contributed by atoms with Gasteiger partial charge in [0.2, 0.25) is 5.91 Å². The predicted molar refractivity (Wildman–Crippen MR) is 132 cm³/mol. The molecule has 1 fully saturated rings. The van der Waals surface area contributed by atoms with E-state index < -0.39 is 35.8 Å². The smallest absolute Gasteiger partial charge is 0.412 e. The summed E-state index contributed by atoms with van der Waals surface area (Å²) >= 11 is 0. The highest BCUT2D eigenvalue weighted by Crippen LogP contribution is 2.45. The summed E-state index contributed by atoms with van der Waals surface area (Å²) in [5.41, 5.74) is 7.02. The van der Waals surface area contributed by atoms with Crippen molar-refractivity contribution in [1.82, 2.24) is 9.47 Å². The van der Waals surface area contributed by atoms with Crippen LogP contribution in [0, 0.1) is 0 Å². The first kappa shape index (κ1) is 24.3. The van der Waals surface area contributed by atoms with E-state index in [0.29, 0.717) is 12.1 Å². The fourth-order valence-electron chi connectivity index (χ4n) is 4.84. The van der Waals surface area contributed by atoms with Crippen molar-refractivity contribution in [2.75, 3.05) is 6.61 Å². The lowest BCUT2D eigenvalue weighted by Crippen LogP contribution is -2.49. The fourth-order valence-corrected chi connectivity index (χ4v) is 4.84. The molecule has 1 aliphatic heterocycles. The molecule has 35 heavy (non-hydrogen) atoms. The SMILES string of the molecule is CCOC(=O)c1cc2ccccc2n1C1C[C@H](c2ccccc2)[C@@H](C(N)=O)N1C(=O)OC(C)(C)C. The number of nitrogens with zero attached hydrogens (tertiary/aromatic N) is 2. The van der Waals surface area contributed by atoms with Gasteiger partial charge in [-0.2, -0.15) is 0 Å². The number of hydrogen-bond donors (Lipinski definition) is 1. The third-order valence-electron chi connectivity index (χ3n) is 6.12. The maximum absolute atomic E-state index is 13.6. The Morgan fingerprint density at radius 1 is 1.03 bits per heavy atom. The monoisotopic (exact) mass is 477 g/mol. The first-order valence-electron chi connectivity index (χ1n) is 11.7. The number of carbonyl (C=O) groups excluding carboxylic acids is 3. The van der Waals surface area contributed by atoms with Gasteiger partial charge < -0.3 is 19.8 Å². The number of carbonyl (C=O) groups is 3. The van der Waals surface area contributed by atoms with Crippen molar-refractivity contribution in [2.24, 2.45) is 5.73 Å². The predicted octanol–water partition coefficient (Wildman–Crippen LogP) is 4.60. The second-order valence-electron chi connectivity index (χ2n) is 9.65. The third-order valence-corrected chi connectivity index (χ3v) is 6.12. The number of rotatable bonds is 5. The van der Waals surface area contributed by atoms with Crippen LogP contribution in [0.2, 0.25) is 0 Å². The molecule has 8 nitrogen and oxygen atoms in total. The number of hydrogen-bond acceptors (Lipinski definition) is 5. The number of aromatic nitrogens is 1. The van der Waals surface area contributed by atoms with Crippen LogP contribution in [0.5, 0.6) is 0 Å². The summed E-state index contributed by atoms with van der Waals surface area (Å²) < 4.78 is 12.8. The van der Waals surface area contributed by atoms with Crippen LogP contribution in [0.15, 0.2) is 60.7 Å². The second kappa shape index (κ2) is 9.44. The van der Waals surface area contributed by atoms with Crippen molar-refractivity contribution in [3.8, 4) is 0 Å². The highest BCUT2D eigenvalue weighted by molar-refractivity contribution is 5.96. The molecule has 2 N–H and O–H groups in total. The standard InChI is InChI=1S/C27H31N3O5/c1-5-34-25(32)21-15-18-13-9-10-14-20(18)29(21)22-16-19(17-11-7-6-8-12-17)23(24(28)31)30(22)26(33)35-27(2,3)4/h6-15,19,22-23H,5,16H2,1-4H3,(H2,28,31)/t19-,22?,23+/m1/s1. The molecule has 0 radical (unpaired) electrons. The number of para-hydroxylation sites is 1. The largest absolute Gasteiger partial charge is 0.461 e. The molecule has 2 amide bonds. The van der Waals surface area contributed by atoms with Gasteiger partial charge in [0.15, 0.2) is 0 Å². The average Bonchev–Trinajstić information content (AvgIpc) is 3.38. The maximum atomic E-state index is 13.6. The van der Waals surface area contributed by atoms with E-state index >= 15 is 0 Å². The van der Waals surface area contributed by atoms with Crippen LogP contribution >= 0.6 is 0 Å². The molecule has 1 aromatic heterocycles. The zero-order valence-corrected chi connectivity index (χ0v) is 20.4. The quantitative estimate of drug-likeness (QED) is 0.541. The molecular weight excluding hydrogens is 446 g/mol. The lowest BCUT2D eigenvalue weighted by atomic mass is 9.91. The van der Waals surface area contributed by atoms with Gasteiger partial charge in [-0.1, -0.05) is 48.5 Å². The van der Waals surface area contributed by atoms with E-state index in [-0.39, 0.29) is 12.5 Å². The van der Waals surface area contributed by atoms with Crippen LogP contribution in [0.4, 0.5) is 4.79 Å². The Kier molecular flexibility index (Phi) is 6.56. The molecule has 2 aromatic carbocycles. The summed E-state index contributed by atoms with van der Waals surface area (Å²) in [6.45, 7) is 7.23. The lowest BCUT2D eigenvalue weighted by Gasteiger charge is -2.33. The highest BCUT2D eigenvalue weighted by atomic mass is 16.6. The topological polar surface area (TPSA) is 104 Å². The highest BCUT2D eigenvalue weighted by Gasteiger charge is 2.50. The van der Waals surface area contributed by atoms with Gasteiger partial charge in [0.05, 0.1) is 12.1 Å². The molecule has 0 bridgehead atoms. The zero-order chi connectivity index (χ0) is 25.3. The normalized spacial score (nSPS) is 20.1. The molecule has 184 valence electrons. The van der Waals surface area contributed by atoms with Crippen LogP contribution in [-0.2, 0) is 14.3 Å². The number of likely N-dealkylation sites (tertiary alicyclic amines) is 1. The van der Waals surface area contributed by atoms with E-state index in [1.54, 1.807) is 38.3 Å². The van der Waals surface area contributed by atoms with Gasteiger partial charge in [0.1, 0.15) is 23.5 Å². The van der Waals surface area contributed by atoms with Crippen molar-refractivity contribution in [3.63, 3.8) is 0 Å². The van der Waals surface area contributed by atoms with Crippen LogP contribution in [-0.4, -0.2) is 45.7 Å². The Morgan fingerprint density at radius 3 is 2.31 bits per heavy atom. The molecule has 4 rings (SSSR count). The van der Waals surface area contributed by atoms with Gasteiger partial charge in [-0.05, 0) is 51.8 Å². The third kappa shape index (κ3) is 4.73. The Bertz CT molecular complexity index is 1240. The minimum atomic E-state index is -0.964. The Labute approximate surface area is 204 Å². The Hall–Kier alpha value is -3.81. The zero-order valence-electron chi connectivity index (χ0n) is 20.4. The fraction of sp³-hybridized carbons (Fsp3) is 0.370. The Morgan fingerprint density at radius 2 is 1.69 bits per heavy atom. The van der Waals surface area contributed by atoms with Crippen LogP contribution in [0.3, 0.4) is 0 Å². The summed E-state index contributed by atoms with van der Waals surface area (Å²) in [6.07, 6.45) is -1.01. The summed E-state index contributed by atoms with van der Waals surface area (Å²) in [6, 6.07) is 17.8. The Balaban J connectivity index is 1.93. The van der Waals surface area contributed by atoms with E-state index in [2.05, 4.69) is 0 Å². The molecule has 0 aliphatic carbocycles. The van der Waals surface area contributed by atoms with Crippen LogP contribution in [0.1, 0.15) is 62.3 Å². The summed E-state index contributed by atoms with van der Waals surface area (Å²) in [4.78, 5) is 40.8. The number of ether oxygens (including phenoxy) is 2. The molecule has 3 aromatic rings. The van der Waals surface area contributed by atoms with Crippen molar-refractivity contribution >= 4 is 28.9 Å². The van der Waals surface area contributed by atoms with Crippen molar-refractivity contribution < 1.29 is 23.9 Å².